The van der Waals surface area contributed by atoms with Crippen LogP contribution in [0.25, 0.3) is 0 Å². The van der Waals surface area contributed by atoms with Crippen LogP contribution < -0.4 is 0 Å². The average molecular weight is 326 g/mol. The monoisotopic (exact) mass is 326 g/mol. The summed E-state index contributed by atoms with van der Waals surface area (Å²) in [5.74, 6) is 1.20. The molecule has 1 aliphatic carbocycles. The van der Waals surface area contributed by atoms with E-state index in [1.807, 2.05) is 6.07 Å². The number of aliphatic hydroxyl groups is 1. The first kappa shape index (κ1) is 15.3. The lowest BCUT2D eigenvalue weighted by molar-refractivity contribution is -0.133. The molecule has 0 spiro atoms. The van der Waals surface area contributed by atoms with E-state index >= 15 is 0 Å². The number of nitrogens with zero attached hydrogens (tertiary/aromatic N) is 3. The molecule has 1 aliphatic heterocycles. The molecule has 0 radical (unpaired) electrons. The van der Waals surface area contributed by atoms with Gasteiger partial charge in [0, 0.05) is 19.4 Å². The molecule has 4 rings (SSSR count). The summed E-state index contributed by atoms with van der Waals surface area (Å²) in [6.07, 6.45) is 4.79. The fraction of sp³-hybridized carbons (Fsp3) is 0.500. The van der Waals surface area contributed by atoms with Gasteiger partial charge in [-0.3, -0.25) is 4.79 Å². The van der Waals surface area contributed by atoms with Crippen molar-refractivity contribution in [2.45, 2.75) is 37.2 Å². The van der Waals surface area contributed by atoms with E-state index in [-0.39, 0.29) is 5.91 Å². The lowest BCUT2D eigenvalue weighted by Gasteiger charge is -2.36. The predicted molar refractivity (Wildman–Crippen MR) is 88.0 cm³/mol. The molecule has 6 nitrogen and oxygen atoms in total. The van der Waals surface area contributed by atoms with E-state index in [1.54, 1.807) is 4.90 Å². The van der Waals surface area contributed by atoms with Crippen molar-refractivity contribution in [3.63, 3.8) is 0 Å². The normalized spacial score (nSPS) is 29.5. The molecule has 1 aromatic carbocycles. The number of nitrogens with one attached hydrogen (secondary N) is 1. The van der Waals surface area contributed by atoms with E-state index in [1.165, 1.54) is 11.8 Å². The molecule has 0 unspecified atom stereocenters. The average Bonchev–Trinajstić information content (AvgIpc) is 3.21. The Morgan fingerprint density at radius 1 is 1.33 bits per heavy atom. The van der Waals surface area contributed by atoms with Gasteiger partial charge in [-0.1, -0.05) is 30.3 Å². The maximum absolute atomic E-state index is 12.5. The Bertz CT molecular complexity index is 697. The van der Waals surface area contributed by atoms with Crippen LogP contribution >= 0.6 is 0 Å². The summed E-state index contributed by atoms with van der Waals surface area (Å²) in [4.78, 5) is 14.3. The van der Waals surface area contributed by atoms with Crippen LogP contribution in [0.5, 0.6) is 0 Å². The Kier molecular flexibility index (Phi) is 3.84. The van der Waals surface area contributed by atoms with Gasteiger partial charge in [0.1, 0.15) is 11.3 Å². The second kappa shape index (κ2) is 6.02. The van der Waals surface area contributed by atoms with Gasteiger partial charge >= 0.3 is 0 Å². The number of hydrogen-bond acceptors (Lipinski definition) is 4. The van der Waals surface area contributed by atoms with Gasteiger partial charge in [-0.05, 0) is 30.2 Å². The maximum Gasteiger partial charge on any atom is 0.222 e. The number of β-amino-alcohol motifs (C(OH)–C–C–N with tert-alkyl or cyclic N) is 1. The Morgan fingerprint density at radius 2 is 2.12 bits per heavy atom. The fourth-order valence-electron chi connectivity index (χ4n) is 3.92. The zero-order valence-corrected chi connectivity index (χ0v) is 13.6. The molecule has 2 N–H and O–H groups in total. The van der Waals surface area contributed by atoms with Gasteiger partial charge < -0.3 is 10.0 Å². The van der Waals surface area contributed by atoms with Crippen LogP contribution in [-0.2, 0) is 10.4 Å². The summed E-state index contributed by atoms with van der Waals surface area (Å²) in [5.41, 5.74) is 0.836. The summed E-state index contributed by atoms with van der Waals surface area (Å²) in [6, 6.07) is 10.5. The minimum absolute atomic E-state index is 0.144. The number of rotatable bonds is 4. The number of aromatic amines is 1. The zero-order chi connectivity index (χ0) is 16.6. The Balaban J connectivity index is 1.29. The number of likely N-dealkylation sites (tertiary alicyclic amines) is 1. The molecule has 2 aliphatic rings. The van der Waals surface area contributed by atoms with Gasteiger partial charge in [0.05, 0.1) is 12.7 Å². The van der Waals surface area contributed by atoms with E-state index in [2.05, 4.69) is 39.7 Å². The van der Waals surface area contributed by atoms with Crippen LogP contribution in [0.3, 0.4) is 0 Å². The van der Waals surface area contributed by atoms with Crippen LogP contribution in [0.1, 0.15) is 42.9 Å². The smallest absolute Gasteiger partial charge is 0.222 e. The summed E-state index contributed by atoms with van der Waals surface area (Å²) in [7, 11) is 0. The highest BCUT2D eigenvalue weighted by atomic mass is 16.3. The van der Waals surface area contributed by atoms with Crippen molar-refractivity contribution >= 4 is 5.91 Å². The summed E-state index contributed by atoms with van der Waals surface area (Å²) in [6.45, 7) is 0.893. The molecule has 1 atom stereocenters. The van der Waals surface area contributed by atoms with Gasteiger partial charge in [0.15, 0.2) is 0 Å². The van der Waals surface area contributed by atoms with Gasteiger partial charge in [-0.25, -0.2) is 0 Å². The van der Waals surface area contributed by atoms with Crippen molar-refractivity contribution in [3.8, 4) is 0 Å². The molecule has 1 saturated carbocycles. The Hall–Kier alpha value is -2.21. The fourth-order valence-corrected chi connectivity index (χ4v) is 3.92. The summed E-state index contributed by atoms with van der Waals surface area (Å²) < 4.78 is 0. The predicted octanol–water partition coefficient (Wildman–Crippen LogP) is 1.81. The highest BCUT2D eigenvalue weighted by Gasteiger charge is 2.42. The van der Waals surface area contributed by atoms with Crippen LogP contribution in [-0.4, -0.2) is 44.4 Å². The zero-order valence-electron chi connectivity index (χ0n) is 13.6. The van der Waals surface area contributed by atoms with E-state index in [0.717, 1.165) is 12.8 Å². The number of benzene rings is 1. The van der Waals surface area contributed by atoms with Crippen molar-refractivity contribution in [2.24, 2.45) is 5.92 Å². The number of amides is 1. The topological polar surface area (TPSA) is 82.1 Å². The third-order valence-corrected chi connectivity index (χ3v) is 5.46. The molecule has 2 fully saturated rings. The van der Waals surface area contributed by atoms with Crippen LogP contribution in [0, 0.1) is 5.92 Å². The second-order valence-electron chi connectivity index (χ2n) is 7.10. The van der Waals surface area contributed by atoms with Gasteiger partial charge in [0.2, 0.25) is 5.91 Å². The Morgan fingerprint density at radius 3 is 2.83 bits per heavy atom. The standard InChI is InChI=1S/C18H22N4O2/c23-17(10-13-8-15(9-13)14-4-2-1-3-5-14)22-7-6-18(24,12-22)16-11-19-21-20-16/h1-5,11,13,15,24H,6-10,12H2,(H,19,20,21)/t13?,15?,18-/m0/s1. The highest BCUT2D eigenvalue weighted by Crippen LogP contribution is 2.43. The molecular weight excluding hydrogens is 304 g/mol. The molecule has 1 saturated heterocycles. The molecule has 2 aromatic rings. The van der Waals surface area contributed by atoms with Crippen LogP contribution in [0.4, 0.5) is 0 Å². The number of carbonyl (C=O) groups is 1. The van der Waals surface area contributed by atoms with Gasteiger partial charge in [-0.2, -0.15) is 15.4 Å². The molecule has 24 heavy (non-hydrogen) atoms. The van der Waals surface area contributed by atoms with E-state index in [4.69, 9.17) is 0 Å². The van der Waals surface area contributed by atoms with E-state index in [9.17, 15) is 9.90 Å². The number of aromatic nitrogens is 3. The first-order valence-corrected chi connectivity index (χ1v) is 8.55. The third kappa shape index (κ3) is 2.82. The molecule has 0 bridgehead atoms. The maximum atomic E-state index is 12.5. The quantitative estimate of drug-likeness (QED) is 0.898. The van der Waals surface area contributed by atoms with Crippen molar-refractivity contribution < 1.29 is 9.90 Å². The number of carbonyl (C=O) groups excluding carboxylic acids is 1. The molecule has 126 valence electrons. The summed E-state index contributed by atoms with van der Waals surface area (Å²) >= 11 is 0. The molecule has 6 heteroatoms. The van der Waals surface area contributed by atoms with Gasteiger partial charge in [-0.15, -0.1) is 0 Å². The van der Waals surface area contributed by atoms with Crippen molar-refractivity contribution in [3.05, 3.63) is 47.8 Å². The number of hydrogen-bond donors (Lipinski definition) is 2. The molecule has 1 amide bonds. The SMILES string of the molecule is O=C(CC1CC(c2ccccc2)C1)N1CC[C@@](O)(c2cn[nH]n2)C1. The second-order valence-corrected chi connectivity index (χ2v) is 7.10. The van der Waals surface area contributed by atoms with Crippen molar-refractivity contribution in [2.75, 3.05) is 13.1 Å². The van der Waals surface area contributed by atoms with E-state index in [0.29, 0.717) is 43.5 Å². The third-order valence-electron chi connectivity index (χ3n) is 5.46. The highest BCUT2D eigenvalue weighted by molar-refractivity contribution is 5.77. The van der Waals surface area contributed by atoms with Crippen molar-refractivity contribution in [1.29, 1.82) is 0 Å². The number of H-pyrrole nitrogens is 1. The lowest BCUT2D eigenvalue weighted by atomic mass is 9.70. The minimum Gasteiger partial charge on any atom is -0.381 e. The molecule has 2 heterocycles. The van der Waals surface area contributed by atoms with E-state index < -0.39 is 5.60 Å². The Labute approximate surface area is 140 Å². The van der Waals surface area contributed by atoms with Crippen LogP contribution in [0.2, 0.25) is 0 Å². The van der Waals surface area contributed by atoms with Crippen LogP contribution in [0.15, 0.2) is 36.5 Å². The van der Waals surface area contributed by atoms with Crippen molar-refractivity contribution in [1.82, 2.24) is 20.3 Å². The molecular formula is C18H22N4O2. The minimum atomic E-state index is -1.06. The first-order valence-electron chi connectivity index (χ1n) is 8.55. The summed E-state index contributed by atoms with van der Waals surface area (Å²) in [5, 5.41) is 20.9. The first-order chi connectivity index (χ1) is 11.6. The van der Waals surface area contributed by atoms with Gasteiger partial charge in [0.25, 0.3) is 0 Å². The lowest BCUT2D eigenvalue weighted by Crippen LogP contribution is -2.36. The largest absolute Gasteiger partial charge is 0.381 e. The molecule has 1 aromatic heterocycles.